The highest BCUT2D eigenvalue weighted by Crippen LogP contribution is 2.28. The van der Waals surface area contributed by atoms with Gasteiger partial charge in [-0.05, 0) is 42.0 Å². The van der Waals surface area contributed by atoms with Gasteiger partial charge in [0.15, 0.2) is 0 Å². The van der Waals surface area contributed by atoms with Crippen molar-refractivity contribution >= 4 is 23.4 Å². The molecule has 2 atom stereocenters. The van der Waals surface area contributed by atoms with Gasteiger partial charge < -0.3 is 10.4 Å². The molecule has 1 saturated heterocycles. The minimum atomic E-state index is -0.873. The second kappa shape index (κ2) is 5.40. The number of hydrogen-bond donors (Lipinski definition) is 2. The molecule has 0 radical (unpaired) electrons. The smallest absolute Gasteiger partial charge is 0.326 e. The van der Waals surface area contributed by atoms with Crippen LogP contribution in [0.3, 0.4) is 0 Å². The fraction of sp³-hybridized carbons (Fsp3) is 0.417. The molecule has 92 valence electrons. The van der Waals surface area contributed by atoms with Crippen LogP contribution in [0.2, 0.25) is 0 Å². The van der Waals surface area contributed by atoms with Gasteiger partial charge in [-0.25, -0.2) is 9.18 Å². The maximum atomic E-state index is 13.0. The van der Waals surface area contributed by atoms with Crippen molar-refractivity contribution in [1.82, 2.24) is 0 Å². The van der Waals surface area contributed by atoms with Crippen molar-refractivity contribution in [2.75, 3.05) is 16.8 Å². The second-order valence-corrected chi connectivity index (χ2v) is 5.24. The first-order valence-corrected chi connectivity index (χ1v) is 6.65. The number of carboxylic acids is 1. The fourth-order valence-electron chi connectivity index (χ4n) is 1.95. The molecule has 1 fully saturated rings. The van der Waals surface area contributed by atoms with Crippen molar-refractivity contribution < 1.29 is 14.3 Å². The van der Waals surface area contributed by atoms with Crippen LogP contribution in [0.5, 0.6) is 0 Å². The number of anilines is 1. The molecule has 2 rings (SSSR count). The number of nitrogens with one attached hydrogen (secondary N) is 1. The molecule has 1 aliphatic rings. The molecule has 0 aromatic heterocycles. The number of halogens is 1. The van der Waals surface area contributed by atoms with Crippen molar-refractivity contribution in [3.05, 3.63) is 30.1 Å². The van der Waals surface area contributed by atoms with E-state index in [1.165, 1.54) is 12.1 Å². The number of rotatable bonds is 4. The highest BCUT2D eigenvalue weighted by Gasteiger charge is 2.30. The third-order valence-electron chi connectivity index (χ3n) is 2.85. The molecular formula is C12H14FNO2S. The molecule has 5 heteroatoms. The molecular weight excluding hydrogens is 241 g/mol. The maximum absolute atomic E-state index is 13.0. The summed E-state index contributed by atoms with van der Waals surface area (Å²) in [6.07, 6.45) is 0.893. The summed E-state index contributed by atoms with van der Waals surface area (Å²) in [5, 5.41) is 12.1. The Morgan fingerprint density at radius 3 is 3.00 bits per heavy atom. The average molecular weight is 255 g/mol. The molecule has 0 amide bonds. The lowest BCUT2D eigenvalue weighted by Crippen LogP contribution is -2.37. The van der Waals surface area contributed by atoms with Gasteiger partial charge in [-0.15, -0.1) is 0 Å². The van der Waals surface area contributed by atoms with Crippen LogP contribution < -0.4 is 5.32 Å². The summed E-state index contributed by atoms with van der Waals surface area (Å²) in [6.45, 7) is 0. The van der Waals surface area contributed by atoms with Crippen molar-refractivity contribution in [1.29, 1.82) is 0 Å². The Kier molecular flexibility index (Phi) is 3.89. The van der Waals surface area contributed by atoms with Crippen LogP contribution in [-0.4, -0.2) is 28.6 Å². The number of carbonyl (C=O) groups is 1. The predicted octanol–water partition coefficient (Wildman–Crippen LogP) is 2.44. The van der Waals surface area contributed by atoms with Gasteiger partial charge in [-0.1, -0.05) is 6.07 Å². The van der Waals surface area contributed by atoms with Gasteiger partial charge in [0.2, 0.25) is 0 Å². The zero-order valence-corrected chi connectivity index (χ0v) is 10.0. The van der Waals surface area contributed by atoms with E-state index in [1.807, 2.05) is 0 Å². The maximum Gasteiger partial charge on any atom is 0.326 e. The Morgan fingerprint density at radius 2 is 2.41 bits per heavy atom. The standard InChI is InChI=1S/C12H14FNO2S/c13-9-2-1-3-10(6-9)14-11(12(15)16)8-4-5-17-7-8/h1-3,6,8,11,14H,4-5,7H2,(H,15,16). The van der Waals surface area contributed by atoms with Gasteiger partial charge in [0.1, 0.15) is 11.9 Å². The third kappa shape index (κ3) is 3.12. The molecule has 2 N–H and O–H groups in total. The van der Waals surface area contributed by atoms with Crippen LogP contribution in [0.1, 0.15) is 6.42 Å². The SMILES string of the molecule is O=C(O)C(Nc1cccc(F)c1)C1CCSC1. The van der Waals surface area contributed by atoms with Crippen LogP contribution >= 0.6 is 11.8 Å². The zero-order chi connectivity index (χ0) is 12.3. The summed E-state index contributed by atoms with van der Waals surface area (Å²) in [6, 6.07) is 5.28. The topological polar surface area (TPSA) is 49.3 Å². The van der Waals surface area contributed by atoms with E-state index in [0.717, 1.165) is 17.9 Å². The lowest BCUT2D eigenvalue weighted by atomic mass is 9.99. The molecule has 1 aliphatic heterocycles. The van der Waals surface area contributed by atoms with Crippen molar-refractivity contribution in [3.63, 3.8) is 0 Å². The van der Waals surface area contributed by atoms with Crippen LogP contribution in [0.25, 0.3) is 0 Å². The van der Waals surface area contributed by atoms with Gasteiger partial charge in [0, 0.05) is 5.69 Å². The van der Waals surface area contributed by atoms with Gasteiger partial charge in [0.25, 0.3) is 0 Å². The molecule has 0 bridgehead atoms. The van der Waals surface area contributed by atoms with Crippen LogP contribution in [0, 0.1) is 11.7 Å². The van der Waals surface area contributed by atoms with E-state index in [1.54, 1.807) is 23.9 Å². The van der Waals surface area contributed by atoms with E-state index < -0.39 is 12.0 Å². The van der Waals surface area contributed by atoms with E-state index in [2.05, 4.69) is 5.32 Å². The Morgan fingerprint density at radius 1 is 1.59 bits per heavy atom. The van der Waals surface area contributed by atoms with Crippen molar-refractivity contribution in [3.8, 4) is 0 Å². The highest BCUT2D eigenvalue weighted by molar-refractivity contribution is 7.99. The summed E-state index contributed by atoms with van der Waals surface area (Å²) in [7, 11) is 0. The molecule has 0 saturated carbocycles. The van der Waals surface area contributed by atoms with Gasteiger partial charge in [0.05, 0.1) is 0 Å². The fourth-order valence-corrected chi connectivity index (χ4v) is 3.25. The first-order valence-electron chi connectivity index (χ1n) is 5.49. The lowest BCUT2D eigenvalue weighted by molar-refractivity contribution is -0.138. The molecule has 0 aliphatic carbocycles. The monoisotopic (exact) mass is 255 g/mol. The van der Waals surface area contributed by atoms with Crippen LogP contribution in [0.4, 0.5) is 10.1 Å². The normalized spacial score (nSPS) is 21.1. The van der Waals surface area contributed by atoms with E-state index >= 15 is 0 Å². The summed E-state index contributed by atoms with van der Waals surface area (Å²) in [5.74, 6) is 0.723. The number of hydrogen-bond acceptors (Lipinski definition) is 3. The molecule has 1 heterocycles. The first kappa shape index (κ1) is 12.2. The predicted molar refractivity (Wildman–Crippen MR) is 66.9 cm³/mol. The number of aliphatic carboxylic acids is 1. The Bertz CT molecular complexity index is 407. The third-order valence-corrected chi connectivity index (χ3v) is 4.04. The molecule has 2 unspecified atom stereocenters. The largest absolute Gasteiger partial charge is 0.480 e. The van der Waals surface area contributed by atoms with Crippen LogP contribution in [0.15, 0.2) is 24.3 Å². The van der Waals surface area contributed by atoms with E-state index in [9.17, 15) is 14.3 Å². The molecule has 1 aromatic carbocycles. The molecule has 3 nitrogen and oxygen atoms in total. The summed E-state index contributed by atoms with van der Waals surface area (Å²) < 4.78 is 13.0. The Labute approximate surface area is 103 Å². The minimum Gasteiger partial charge on any atom is -0.480 e. The quantitative estimate of drug-likeness (QED) is 0.867. The lowest BCUT2D eigenvalue weighted by Gasteiger charge is -2.21. The number of thioether (sulfide) groups is 1. The first-order chi connectivity index (χ1) is 8.16. The summed E-state index contributed by atoms with van der Waals surface area (Å²) in [5.41, 5.74) is 0.522. The van der Waals surface area contributed by atoms with E-state index in [0.29, 0.717) is 5.69 Å². The molecule has 1 aromatic rings. The van der Waals surface area contributed by atoms with Crippen molar-refractivity contribution in [2.45, 2.75) is 12.5 Å². The summed E-state index contributed by atoms with van der Waals surface area (Å²) in [4.78, 5) is 11.2. The van der Waals surface area contributed by atoms with Gasteiger partial charge >= 0.3 is 5.97 Å². The number of carboxylic acid groups (broad SMARTS) is 1. The Balaban J connectivity index is 2.09. The molecule has 17 heavy (non-hydrogen) atoms. The van der Waals surface area contributed by atoms with E-state index in [-0.39, 0.29) is 11.7 Å². The Hall–Kier alpha value is -1.23. The zero-order valence-electron chi connectivity index (χ0n) is 9.23. The van der Waals surface area contributed by atoms with Crippen LogP contribution in [-0.2, 0) is 4.79 Å². The summed E-state index contributed by atoms with van der Waals surface area (Å²) >= 11 is 1.76. The van der Waals surface area contributed by atoms with Gasteiger partial charge in [-0.2, -0.15) is 11.8 Å². The minimum absolute atomic E-state index is 0.112. The highest BCUT2D eigenvalue weighted by atomic mass is 32.2. The number of benzene rings is 1. The van der Waals surface area contributed by atoms with Gasteiger partial charge in [-0.3, -0.25) is 0 Å². The van der Waals surface area contributed by atoms with Crippen molar-refractivity contribution in [2.24, 2.45) is 5.92 Å². The molecule has 0 spiro atoms. The van der Waals surface area contributed by atoms with E-state index in [4.69, 9.17) is 0 Å². The average Bonchev–Trinajstić information content (AvgIpc) is 2.78. The second-order valence-electron chi connectivity index (χ2n) is 4.09.